The number of nitrogens with zero attached hydrogens (tertiary/aromatic N) is 3. The Hall–Kier alpha value is -1.35. The van der Waals surface area contributed by atoms with Crippen molar-refractivity contribution in [3.8, 4) is 0 Å². The molecule has 2 rings (SSSR count). The topological polar surface area (TPSA) is 30.7 Å². The quantitative estimate of drug-likeness (QED) is 0.766. The van der Waals surface area contributed by atoms with Crippen molar-refractivity contribution >= 4 is 11.6 Å². The van der Waals surface area contributed by atoms with Crippen molar-refractivity contribution < 1.29 is 0 Å². The van der Waals surface area contributed by atoms with Gasteiger partial charge in [0.05, 0.1) is 6.54 Å². The van der Waals surface area contributed by atoms with Crippen LogP contribution in [0.3, 0.4) is 0 Å². The first kappa shape index (κ1) is 11.1. The summed E-state index contributed by atoms with van der Waals surface area (Å²) < 4.78 is 2.10. The molecule has 0 N–H and O–H groups in total. The summed E-state index contributed by atoms with van der Waals surface area (Å²) in [6.45, 7) is 4.98. The predicted octanol–water partition coefficient (Wildman–Crippen LogP) is 3.10. The minimum atomic E-state index is 0.408. The molecule has 0 unspecified atom stereocenters. The summed E-state index contributed by atoms with van der Waals surface area (Å²) in [5, 5.41) is 0.561. The fourth-order valence-corrected chi connectivity index (χ4v) is 1.86. The zero-order chi connectivity index (χ0) is 11.5. The minimum Gasteiger partial charge on any atom is -0.330 e. The molecular weight excluding hydrogens is 222 g/mol. The van der Waals surface area contributed by atoms with Crippen molar-refractivity contribution in [1.29, 1.82) is 0 Å². The summed E-state index contributed by atoms with van der Waals surface area (Å²) in [5.74, 6) is 1.48. The molecule has 0 spiro atoms. The van der Waals surface area contributed by atoms with E-state index in [4.69, 9.17) is 11.6 Å². The van der Waals surface area contributed by atoms with Crippen LogP contribution in [0.4, 0.5) is 0 Å². The van der Waals surface area contributed by atoms with Gasteiger partial charge in [-0.05, 0) is 6.07 Å². The van der Waals surface area contributed by atoms with Crippen LogP contribution in [0.1, 0.15) is 31.2 Å². The zero-order valence-corrected chi connectivity index (χ0v) is 10.1. The van der Waals surface area contributed by atoms with Crippen LogP contribution in [-0.4, -0.2) is 14.5 Å². The van der Waals surface area contributed by atoms with Crippen LogP contribution in [0.2, 0.25) is 5.15 Å². The van der Waals surface area contributed by atoms with Gasteiger partial charge in [-0.3, -0.25) is 0 Å². The Morgan fingerprint density at radius 1 is 1.31 bits per heavy atom. The van der Waals surface area contributed by atoms with Crippen molar-refractivity contribution in [2.75, 3.05) is 0 Å². The predicted molar refractivity (Wildman–Crippen MR) is 64.7 cm³/mol. The average Bonchev–Trinajstić information content (AvgIpc) is 2.69. The Morgan fingerprint density at radius 2 is 2.12 bits per heavy atom. The summed E-state index contributed by atoms with van der Waals surface area (Å²) in [5.41, 5.74) is 1.02. The molecule has 2 heterocycles. The number of aromatic nitrogens is 3. The van der Waals surface area contributed by atoms with E-state index in [0.717, 1.165) is 17.9 Å². The maximum absolute atomic E-state index is 6.03. The molecule has 0 bridgehead atoms. The van der Waals surface area contributed by atoms with Crippen molar-refractivity contribution in [2.45, 2.75) is 26.3 Å². The van der Waals surface area contributed by atoms with Gasteiger partial charge in [0, 0.05) is 30.1 Å². The van der Waals surface area contributed by atoms with E-state index in [2.05, 4.69) is 28.4 Å². The molecule has 0 aliphatic heterocycles. The highest BCUT2D eigenvalue weighted by Crippen LogP contribution is 2.17. The number of hydrogen-bond acceptors (Lipinski definition) is 2. The van der Waals surface area contributed by atoms with Gasteiger partial charge in [0.1, 0.15) is 11.0 Å². The van der Waals surface area contributed by atoms with Crippen LogP contribution in [0, 0.1) is 0 Å². The number of rotatable bonds is 3. The van der Waals surface area contributed by atoms with Crippen LogP contribution in [-0.2, 0) is 6.54 Å². The van der Waals surface area contributed by atoms with E-state index in [9.17, 15) is 0 Å². The van der Waals surface area contributed by atoms with Crippen molar-refractivity contribution in [2.24, 2.45) is 0 Å². The van der Waals surface area contributed by atoms with Gasteiger partial charge in [-0.1, -0.05) is 31.5 Å². The third kappa shape index (κ3) is 2.25. The molecule has 0 saturated heterocycles. The second kappa shape index (κ2) is 4.66. The second-order valence-electron chi connectivity index (χ2n) is 4.02. The van der Waals surface area contributed by atoms with Crippen molar-refractivity contribution in [1.82, 2.24) is 14.5 Å². The molecule has 0 aliphatic rings. The van der Waals surface area contributed by atoms with Crippen LogP contribution < -0.4 is 0 Å². The fourth-order valence-electron chi connectivity index (χ4n) is 1.68. The molecule has 0 aromatic carbocycles. The maximum atomic E-state index is 6.03. The summed E-state index contributed by atoms with van der Waals surface area (Å²) in [7, 11) is 0. The number of pyridine rings is 1. The second-order valence-corrected chi connectivity index (χ2v) is 4.38. The summed E-state index contributed by atoms with van der Waals surface area (Å²) >= 11 is 6.03. The largest absolute Gasteiger partial charge is 0.330 e. The van der Waals surface area contributed by atoms with E-state index in [1.807, 2.05) is 24.5 Å². The molecule has 16 heavy (non-hydrogen) atoms. The lowest BCUT2D eigenvalue weighted by molar-refractivity contribution is 0.668. The molecule has 2 aromatic heterocycles. The van der Waals surface area contributed by atoms with E-state index in [0.29, 0.717) is 11.1 Å². The van der Waals surface area contributed by atoms with E-state index in [1.54, 1.807) is 6.20 Å². The Bertz CT molecular complexity index is 477. The Morgan fingerprint density at radius 3 is 2.81 bits per heavy atom. The molecule has 0 radical (unpaired) electrons. The highest BCUT2D eigenvalue weighted by atomic mass is 35.5. The number of hydrogen-bond donors (Lipinski definition) is 0. The first-order valence-corrected chi connectivity index (χ1v) is 5.66. The van der Waals surface area contributed by atoms with Gasteiger partial charge in [-0.25, -0.2) is 9.97 Å². The third-order valence-corrected chi connectivity index (χ3v) is 2.78. The normalized spacial score (nSPS) is 11.0. The van der Waals surface area contributed by atoms with E-state index < -0.39 is 0 Å². The first-order valence-electron chi connectivity index (χ1n) is 5.29. The lowest BCUT2D eigenvalue weighted by Gasteiger charge is -2.10. The molecule has 2 aromatic rings. The maximum Gasteiger partial charge on any atom is 0.133 e. The standard InChI is InChI=1S/C12H14ClN3/c1-9(2)12-15-6-7-16(12)8-10-4-3-5-14-11(10)13/h3-7,9H,8H2,1-2H3. The van der Waals surface area contributed by atoms with Gasteiger partial charge in [0.25, 0.3) is 0 Å². The molecule has 0 aliphatic carbocycles. The summed E-state index contributed by atoms with van der Waals surface area (Å²) in [4.78, 5) is 8.41. The average molecular weight is 236 g/mol. The molecule has 0 fully saturated rings. The Labute approximate surface area is 100 Å². The molecule has 4 heteroatoms. The number of halogens is 1. The van der Waals surface area contributed by atoms with Crippen LogP contribution in [0.5, 0.6) is 0 Å². The molecular formula is C12H14ClN3. The lowest BCUT2D eigenvalue weighted by atomic mass is 10.2. The van der Waals surface area contributed by atoms with Gasteiger partial charge >= 0.3 is 0 Å². The van der Waals surface area contributed by atoms with Crippen molar-refractivity contribution in [3.05, 3.63) is 47.3 Å². The van der Waals surface area contributed by atoms with Crippen LogP contribution in [0.25, 0.3) is 0 Å². The van der Waals surface area contributed by atoms with Gasteiger partial charge in [-0.15, -0.1) is 0 Å². The SMILES string of the molecule is CC(C)c1nccn1Cc1cccnc1Cl. The van der Waals surface area contributed by atoms with Crippen LogP contribution >= 0.6 is 11.6 Å². The van der Waals surface area contributed by atoms with Crippen molar-refractivity contribution in [3.63, 3.8) is 0 Å². The minimum absolute atomic E-state index is 0.408. The summed E-state index contributed by atoms with van der Waals surface area (Å²) in [6, 6.07) is 3.88. The molecule has 3 nitrogen and oxygen atoms in total. The Balaban J connectivity index is 2.27. The third-order valence-electron chi connectivity index (χ3n) is 2.44. The van der Waals surface area contributed by atoms with Gasteiger partial charge < -0.3 is 4.57 Å². The highest BCUT2D eigenvalue weighted by molar-refractivity contribution is 6.30. The molecule has 0 saturated carbocycles. The van der Waals surface area contributed by atoms with Gasteiger partial charge in [0.15, 0.2) is 0 Å². The zero-order valence-electron chi connectivity index (χ0n) is 9.39. The molecule has 84 valence electrons. The molecule has 0 amide bonds. The molecule has 0 atom stereocenters. The Kier molecular flexibility index (Phi) is 3.25. The highest BCUT2D eigenvalue weighted by Gasteiger charge is 2.08. The van der Waals surface area contributed by atoms with E-state index >= 15 is 0 Å². The van der Waals surface area contributed by atoms with Gasteiger partial charge in [0.2, 0.25) is 0 Å². The number of imidazole rings is 1. The fraction of sp³-hybridized carbons (Fsp3) is 0.333. The van der Waals surface area contributed by atoms with E-state index in [-0.39, 0.29) is 0 Å². The summed E-state index contributed by atoms with van der Waals surface area (Å²) in [6.07, 6.45) is 5.49. The lowest BCUT2D eigenvalue weighted by Crippen LogP contribution is -2.06. The van der Waals surface area contributed by atoms with Crippen LogP contribution in [0.15, 0.2) is 30.7 Å². The smallest absolute Gasteiger partial charge is 0.133 e. The van der Waals surface area contributed by atoms with Gasteiger partial charge in [-0.2, -0.15) is 0 Å². The monoisotopic (exact) mass is 235 g/mol. The first-order chi connectivity index (χ1) is 7.68. The van der Waals surface area contributed by atoms with E-state index in [1.165, 1.54) is 0 Å².